The molecule has 3 N–H and O–H groups in total. The number of fused-ring (bicyclic) bond motifs is 1. The lowest BCUT2D eigenvalue weighted by molar-refractivity contribution is -0.136. The molecule has 1 aromatic carbocycles. The molecular weight excluding hydrogens is 360 g/mol. The number of nitrogens with zero attached hydrogens (tertiary/aromatic N) is 1. The van der Waals surface area contributed by atoms with Gasteiger partial charge >= 0.3 is 0 Å². The Morgan fingerprint density at radius 2 is 1.86 bits per heavy atom. The predicted octanol–water partition coefficient (Wildman–Crippen LogP) is 0.784. The average Bonchev–Trinajstić information content (AvgIpc) is 3.17. The monoisotopic (exact) mass is 382 g/mol. The summed E-state index contributed by atoms with van der Waals surface area (Å²) < 4.78 is 0. The Hall–Kier alpha value is -2.74. The van der Waals surface area contributed by atoms with Crippen LogP contribution in [-0.4, -0.2) is 52.7 Å². The van der Waals surface area contributed by atoms with Crippen LogP contribution >= 0.6 is 0 Å². The third-order valence-electron chi connectivity index (χ3n) is 6.48. The summed E-state index contributed by atoms with van der Waals surface area (Å²) in [7, 11) is 0. The molecule has 1 spiro atoms. The van der Waals surface area contributed by atoms with Crippen molar-refractivity contribution < 1.29 is 19.2 Å². The molecule has 0 aromatic heterocycles. The van der Waals surface area contributed by atoms with E-state index in [1.165, 1.54) is 19.3 Å². The average molecular weight is 382 g/mol. The van der Waals surface area contributed by atoms with Crippen LogP contribution < -0.4 is 16.0 Å². The van der Waals surface area contributed by atoms with Gasteiger partial charge in [-0.1, -0.05) is 0 Å². The molecule has 2 saturated heterocycles. The fourth-order valence-electron chi connectivity index (χ4n) is 4.84. The number of anilines is 1. The number of piperidine rings is 1. The van der Waals surface area contributed by atoms with Gasteiger partial charge in [0, 0.05) is 30.2 Å². The number of amides is 4. The third-order valence-corrected chi connectivity index (χ3v) is 6.48. The standard InChI is InChI=1S/C20H22N4O4/c25-16-5-4-15(17(26)23-16)24-18(27)13-3-2-11(8-14(13)19(24)28)22-12-9-20(21-10-12)6-1-7-20/h2-3,8,12,15,21-22H,1,4-7,9-10H2,(H,23,25,26). The lowest BCUT2D eigenvalue weighted by Crippen LogP contribution is -2.54. The van der Waals surface area contributed by atoms with E-state index in [9.17, 15) is 19.2 Å². The van der Waals surface area contributed by atoms with E-state index in [2.05, 4.69) is 16.0 Å². The normalized spacial score (nSPS) is 28.4. The van der Waals surface area contributed by atoms with E-state index in [0.717, 1.165) is 23.6 Å². The van der Waals surface area contributed by atoms with Crippen LogP contribution in [0.1, 0.15) is 59.2 Å². The molecular formula is C20H22N4O4. The predicted molar refractivity (Wildman–Crippen MR) is 99.7 cm³/mol. The summed E-state index contributed by atoms with van der Waals surface area (Å²) in [6.45, 7) is 0.881. The molecule has 3 aliphatic heterocycles. The third kappa shape index (κ3) is 2.63. The number of imide groups is 2. The SMILES string of the molecule is O=C1CCC(N2C(=O)c3ccc(NC4CNC5(CCC5)C4)cc3C2=O)C(=O)N1. The second kappa shape index (κ2) is 6.13. The van der Waals surface area contributed by atoms with Gasteiger partial charge in [-0.2, -0.15) is 0 Å². The fourth-order valence-corrected chi connectivity index (χ4v) is 4.84. The highest BCUT2D eigenvalue weighted by atomic mass is 16.2. The summed E-state index contributed by atoms with van der Waals surface area (Å²) in [5.74, 6) is -1.92. The molecule has 28 heavy (non-hydrogen) atoms. The first-order chi connectivity index (χ1) is 13.5. The van der Waals surface area contributed by atoms with E-state index < -0.39 is 23.8 Å². The molecule has 0 bridgehead atoms. The second-order valence-corrected chi connectivity index (χ2v) is 8.27. The molecule has 4 amide bonds. The van der Waals surface area contributed by atoms with Gasteiger partial charge in [0.1, 0.15) is 6.04 Å². The van der Waals surface area contributed by atoms with Gasteiger partial charge in [0.2, 0.25) is 11.8 Å². The quantitative estimate of drug-likeness (QED) is 0.667. The van der Waals surface area contributed by atoms with Crippen molar-refractivity contribution in [3.05, 3.63) is 29.3 Å². The zero-order valence-corrected chi connectivity index (χ0v) is 15.4. The summed E-state index contributed by atoms with van der Waals surface area (Å²) in [6.07, 6.45) is 5.03. The maximum absolute atomic E-state index is 12.9. The highest BCUT2D eigenvalue weighted by Gasteiger charge is 2.45. The van der Waals surface area contributed by atoms with Crippen LogP contribution in [0.2, 0.25) is 0 Å². The number of carbonyl (C=O) groups is 4. The van der Waals surface area contributed by atoms with Crippen LogP contribution in [0.25, 0.3) is 0 Å². The van der Waals surface area contributed by atoms with Gasteiger partial charge < -0.3 is 10.6 Å². The largest absolute Gasteiger partial charge is 0.381 e. The lowest BCUT2D eigenvalue weighted by atomic mass is 9.75. The Labute approximate surface area is 162 Å². The van der Waals surface area contributed by atoms with Crippen LogP contribution in [0.4, 0.5) is 5.69 Å². The highest BCUT2D eigenvalue weighted by molar-refractivity contribution is 6.23. The molecule has 8 nitrogen and oxygen atoms in total. The van der Waals surface area contributed by atoms with Crippen molar-refractivity contribution >= 4 is 29.3 Å². The molecule has 0 radical (unpaired) electrons. The fraction of sp³-hybridized carbons (Fsp3) is 0.500. The number of carbonyl (C=O) groups excluding carboxylic acids is 4. The van der Waals surface area contributed by atoms with Crippen molar-refractivity contribution in [2.75, 3.05) is 11.9 Å². The molecule has 5 rings (SSSR count). The Morgan fingerprint density at radius 3 is 2.54 bits per heavy atom. The van der Waals surface area contributed by atoms with E-state index in [1.807, 2.05) is 6.07 Å². The molecule has 8 heteroatoms. The van der Waals surface area contributed by atoms with Gasteiger partial charge in [-0.3, -0.25) is 29.4 Å². The first-order valence-electron chi connectivity index (χ1n) is 9.83. The zero-order chi connectivity index (χ0) is 19.5. The Morgan fingerprint density at radius 1 is 1.07 bits per heavy atom. The maximum atomic E-state index is 12.9. The number of rotatable bonds is 3. The zero-order valence-electron chi connectivity index (χ0n) is 15.4. The van der Waals surface area contributed by atoms with Crippen molar-refractivity contribution in [1.82, 2.24) is 15.5 Å². The first-order valence-corrected chi connectivity index (χ1v) is 9.83. The minimum Gasteiger partial charge on any atom is -0.381 e. The van der Waals surface area contributed by atoms with Crippen molar-refractivity contribution in [1.29, 1.82) is 0 Å². The van der Waals surface area contributed by atoms with Crippen molar-refractivity contribution in [3.63, 3.8) is 0 Å². The minimum atomic E-state index is -0.931. The van der Waals surface area contributed by atoms with Crippen molar-refractivity contribution in [3.8, 4) is 0 Å². The molecule has 146 valence electrons. The Kier molecular flexibility index (Phi) is 3.80. The smallest absolute Gasteiger partial charge is 0.262 e. The Balaban J connectivity index is 1.34. The maximum Gasteiger partial charge on any atom is 0.262 e. The van der Waals surface area contributed by atoms with Gasteiger partial charge in [-0.05, 0) is 50.3 Å². The van der Waals surface area contributed by atoms with E-state index in [4.69, 9.17) is 0 Å². The van der Waals surface area contributed by atoms with Crippen molar-refractivity contribution in [2.45, 2.75) is 56.1 Å². The van der Waals surface area contributed by atoms with Gasteiger partial charge in [-0.15, -0.1) is 0 Å². The molecule has 4 aliphatic rings. The number of hydrogen-bond acceptors (Lipinski definition) is 6. The number of hydrogen-bond donors (Lipinski definition) is 3. The molecule has 3 fully saturated rings. The molecule has 3 heterocycles. The summed E-state index contributed by atoms with van der Waals surface area (Å²) >= 11 is 0. The van der Waals surface area contributed by atoms with Gasteiger partial charge in [0.15, 0.2) is 0 Å². The minimum absolute atomic E-state index is 0.118. The van der Waals surface area contributed by atoms with Crippen LogP contribution in [0, 0.1) is 0 Å². The molecule has 1 saturated carbocycles. The first kappa shape index (κ1) is 17.4. The summed E-state index contributed by atoms with van der Waals surface area (Å²) in [5.41, 5.74) is 1.69. The van der Waals surface area contributed by atoms with Gasteiger partial charge in [0.25, 0.3) is 11.8 Å². The Bertz CT molecular complexity index is 907. The van der Waals surface area contributed by atoms with Crippen LogP contribution in [-0.2, 0) is 9.59 Å². The van der Waals surface area contributed by atoms with E-state index in [-0.39, 0.29) is 30.3 Å². The van der Waals surface area contributed by atoms with Gasteiger partial charge in [0.05, 0.1) is 11.1 Å². The lowest BCUT2D eigenvalue weighted by Gasteiger charge is -2.38. The van der Waals surface area contributed by atoms with Crippen LogP contribution in [0.3, 0.4) is 0 Å². The van der Waals surface area contributed by atoms with E-state index >= 15 is 0 Å². The van der Waals surface area contributed by atoms with Crippen molar-refractivity contribution in [2.24, 2.45) is 0 Å². The van der Waals surface area contributed by atoms with Crippen LogP contribution in [0.5, 0.6) is 0 Å². The summed E-state index contributed by atoms with van der Waals surface area (Å²) in [5, 5.41) is 9.28. The van der Waals surface area contributed by atoms with E-state index in [0.29, 0.717) is 11.1 Å². The number of nitrogens with one attached hydrogen (secondary N) is 3. The topological polar surface area (TPSA) is 108 Å². The molecule has 2 atom stereocenters. The summed E-state index contributed by atoms with van der Waals surface area (Å²) in [4.78, 5) is 50.1. The molecule has 1 aromatic rings. The summed E-state index contributed by atoms with van der Waals surface area (Å²) in [6, 6.07) is 4.51. The second-order valence-electron chi connectivity index (χ2n) is 8.27. The number of benzene rings is 1. The van der Waals surface area contributed by atoms with Crippen LogP contribution in [0.15, 0.2) is 18.2 Å². The highest BCUT2D eigenvalue weighted by Crippen LogP contribution is 2.39. The van der Waals surface area contributed by atoms with Gasteiger partial charge in [-0.25, -0.2) is 0 Å². The molecule has 1 aliphatic carbocycles. The molecule has 2 unspecified atom stereocenters. The van der Waals surface area contributed by atoms with E-state index in [1.54, 1.807) is 12.1 Å².